The van der Waals surface area contributed by atoms with E-state index in [1.54, 1.807) is 0 Å². The minimum absolute atomic E-state index is 0.00878. The van der Waals surface area contributed by atoms with Crippen molar-refractivity contribution in [3.63, 3.8) is 0 Å². The zero-order valence-corrected chi connectivity index (χ0v) is 22.1. The minimum Gasteiger partial charge on any atom is -0.610 e. The molecule has 2 aromatic rings. The van der Waals surface area contributed by atoms with Gasteiger partial charge >= 0.3 is 12.7 Å². The molecule has 2 saturated heterocycles. The van der Waals surface area contributed by atoms with Crippen molar-refractivity contribution in [2.75, 3.05) is 13.6 Å². The van der Waals surface area contributed by atoms with Crippen LogP contribution in [-0.4, -0.2) is 76.6 Å². The fraction of sp³-hybridized carbons (Fsp3) is 0.500. The van der Waals surface area contributed by atoms with Crippen LogP contribution >= 0.6 is 0 Å². The van der Waals surface area contributed by atoms with E-state index in [0.29, 0.717) is 6.42 Å². The van der Waals surface area contributed by atoms with E-state index < -0.39 is 24.6 Å². The summed E-state index contributed by atoms with van der Waals surface area (Å²) in [6, 6.07) is 8.57. The van der Waals surface area contributed by atoms with Gasteiger partial charge in [0.2, 0.25) is 5.91 Å². The van der Waals surface area contributed by atoms with E-state index >= 15 is 0 Å². The van der Waals surface area contributed by atoms with Gasteiger partial charge in [-0.15, -0.1) is 0 Å². The number of fused-ring (bicyclic) bond motifs is 1. The van der Waals surface area contributed by atoms with Crippen molar-refractivity contribution >= 4 is 24.5 Å². The number of likely N-dealkylation sites (N-methyl/N-ethyl adjacent to an activating group) is 1. The van der Waals surface area contributed by atoms with Crippen molar-refractivity contribution in [2.24, 2.45) is 5.92 Å². The van der Waals surface area contributed by atoms with E-state index in [2.05, 4.69) is 20.6 Å². The molecular formula is C26H36BN5O5. The number of carbonyl (C=O) groups is 3. The lowest BCUT2D eigenvalue weighted by Crippen LogP contribution is -2.73. The molecule has 2 fully saturated rings. The molecule has 6 atom stereocenters. The van der Waals surface area contributed by atoms with Crippen molar-refractivity contribution in [2.45, 2.75) is 64.7 Å². The van der Waals surface area contributed by atoms with Crippen molar-refractivity contribution < 1.29 is 28.1 Å². The maximum Gasteiger partial charge on any atom is 0.549 e. The fourth-order valence-corrected chi connectivity index (χ4v) is 5.71. The lowest BCUT2D eigenvalue weighted by molar-refractivity contribution is -0.824. The average Bonchev–Trinajstić information content (AvgIpc) is 3.23. The summed E-state index contributed by atoms with van der Waals surface area (Å²) in [6.07, 6.45) is 4.92. The summed E-state index contributed by atoms with van der Waals surface area (Å²) in [7, 11) is 1.97. The summed E-state index contributed by atoms with van der Waals surface area (Å²) in [5.74, 6) is -1.59. The molecule has 0 aliphatic carbocycles. The molecule has 2 amide bonds. The summed E-state index contributed by atoms with van der Waals surface area (Å²) >= 11 is 0. The predicted octanol–water partition coefficient (Wildman–Crippen LogP) is 1.64. The van der Waals surface area contributed by atoms with E-state index in [9.17, 15) is 14.4 Å². The number of rotatable bonds is 9. The Bertz CT molecular complexity index is 1140. The Hall–Kier alpha value is -3.31. The lowest BCUT2D eigenvalue weighted by atomic mass is 9.57. The first-order valence-electron chi connectivity index (χ1n) is 12.9. The SMILES string of the molecule is CC(C)C[C@H](NC(=O)[C@H](Cc1ccccc1)NC(=O)c1cnccn1)[B-]12OC(=O)C[N+]1(C)[C@H](C)[C@@H](C)O2. The van der Waals surface area contributed by atoms with Crippen LogP contribution in [0.1, 0.15) is 50.2 Å². The average molecular weight is 509 g/mol. The standard InChI is InChI=1S/C26H36BN5O5/c1-17(2)13-23(27-32(5,16-24(33)37-27)18(3)19(4)36-27)31-25(34)21(14-20-9-7-6-8-10-20)30-26(35)22-15-28-11-12-29-22/h6-12,15,17-19,21,23H,13-14,16H2,1-5H3,(H,30,35)(H,31,34)/t18-,19-,21+,23+,27?,32?/m1/s1. The van der Waals surface area contributed by atoms with Crippen molar-refractivity contribution in [3.05, 3.63) is 60.2 Å². The van der Waals surface area contributed by atoms with Gasteiger partial charge in [-0.1, -0.05) is 50.6 Å². The fourth-order valence-electron chi connectivity index (χ4n) is 5.71. The molecule has 2 unspecified atom stereocenters. The molecule has 0 bridgehead atoms. The Morgan fingerprint density at radius 1 is 1.16 bits per heavy atom. The molecule has 1 aromatic heterocycles. The first-order chi connectivity index (χ1) is 17.6. The van der Waals surface area contributed by atoms with Gasteiger partial charge in [0.05, 0.1) is 18.3 Å². The second kappa shape index (κ2) is 10.6. The highest BCUT2D eigenvalue weighted by molar-refractivity contribution is 6.65. The molecule has 3 heterocycles. The molecular weight excluding hydrogens is 473 g/mol. The van der Waals surface area contributed by atoms with E-state index in [4.69, 9.17) is 9.31 Å². The Morgan fingerprint density at radius 3 is 2.54 bits per heavy atom. The van der Waals surface area contributed by atoms with Gasteiger partial charge in [0, 0.05) is 31.8 Å². The van der Waals surface area contributed by atoms with Crippen LogP contribution in [0.25, 0.3) is 0 Å². The molecule has 2 aliphatic heterocycles. The third kappa shape index (κ3) is 5.24. The topological polar surface area (TPSA) is 120 Å². The van der Waals surface area contributed by atoms with Crippen LogP contribution in [-0.2, 0) is 25.3 Å². The highest BCUT2D eigenvalue weighted by Gasteiger charge is 2.69. The first kappa shape index (κ1) is 26.7. The molecule has 2 aliphatic rings. The Labute approximate surface area is 217 Å². The number of nitrogens with zero attached hydrogens (tertiary/aromatic N) is 3. The Morgan fingerprint density at radius 2 is 1.89 bits per heavy atom. The maximum atomic E-state index is 13.8. The van der Waals surface area contributed by atoms with Gasteiger partial charge in [-0.05, 0) is 25.3 Å². The van der Waals surface area contributed by atoms with Gasteiger partial charge in [-0.2, -0.15) is 0 Å². The molecule has 2 N–H and O–H groups in total. The summed E-state index contributed by atoms with van der Waals surface area (Å²) in [5, 5.41) is 5.96. The number of hydrogen-bond donors (Lipinski definition) is 2. The molecule has 0 spiro atoms. The number of aromatic nitrogens is 2. The second-order valence-corrected chi connectivity index (χ2v) is 10.9. The quantitative estimate of drug-likeness (QED) is 0.494. The number of benzene rings is 1. The van der Waals surface area contributed by atoms with Gasteiger partial charge in [0.15, 0.2) is 0 Å². The highest BCUT2D eigenvalue weighted by Crippen LogP contribution is 2.43. The Kier molecular flexibility index (Phi) is 7.65. The number of nitrogens with one attached hydrogen (secondary N) is 2. The maximum absolute atomic E-state index is 13.8. The van der Waals surface area contributed by atoms with Crippen molar-refractivity contribution in [3.8, 4) is 0 Å². The highest BCUT2D eigenvalue weighted by atomic mass is 16.7. The number of amides is 2. The van der Waals surface area contributed by atoms with Gasteiger partial charge in [0.1, 0.15) is 18.3 Å². The number of carbonyl (C=O) groups excluding carboxylic acids is 3. The third-order valence-corrected chi connectivity index (χ3v) is 7.87. The molecule has 198 valence electrons. The third-order valence-electron chi connectivity index (χ3n) is 7.87. The number of hydrogen-bond acceptors (Lipinski definition) is 7. The molecule has 1 aromatic carbocycles. The number of quaternary nitrogens is 1. The van der Waals surface area contributed by atoms with Crippen LogP contribution in [0.3, 0.4) is 0 Å². The van der Waals surface area contributed by atoms with Crippen molar-refractivity contribution in [1.29, 1.82) is 0 Å². The first-order valence-corrected chi connectivity index (χ1v) is 12.9. The summed E-state index contributed by atoms with van der Waals surface area (Å²) in [6.45, 7) is 6.08. The van der Waals surface area contributed by atoms with Crippen LogP contribution < -0.4 is 10.6 Å². The molecule has 0 radical (unpaired) electrons. The van der Waals surface area contributed by atoms with Gasteiger partial charge in [-0.3, -0.25) is 19.4 Å². The van der Waals surface area contributed by atoms with Crippen LogP contribution in [0.5, 0.6) is 0 Å². The van der Waals surface area contributed by atoms with E-state index in [-0.39, 0.29) is 53.0 Å². The second-order valence-electron chi connectivity index (χ2n) is 10.9. The van der Waals surface area contributed by atoms with Gasteiger partial charge < -0.3 is 24.3 Å². The summed E-state index contributed by atoms with van der Waals surface area (Å²) in [5.41, 5.74) is 1.00. The van der Waals surface area contributed by atoms with Crippen molar-refractivity contribution in [1.82, 2.24) is 20.6 Å². The summed E-state index contributed by atoms with van der Waals surface area (Å²) < 4.78 is 12.7. The minimum atomic E-state index is -2.22. The summed E-state index contributed by atoms with van der Waals surface area (Å²) in [4.78, 5) is 47.4. The van der Waals surface area contributed by atoms with E-state index in [1.165, 1.54) is 18.6 Å². The van der Waals surface area contributed by atoms with E-state index in [0.717, 1.165) is 5.56 Å². The molecule has 4 rings (SSSR count). The largest absolute Gasteiger partial charge is 0.610 e. The van der Waals surface area contributed by atoms with Crippen LogP contribution in [0, 0.1) is 5.92 Å². The van der Waals surface area contributed by atoms with Crippen LogP contribution in [0.15, 0.2) is 48.9 Å². The molecule has 0 saturated carbocycles. The van der Waals surface area contributed by atoms with Crippen LogP contribution in [0.4, 0.5) is 0 Å². The smallest absolute Gasteiger partial charge is 0.549 e. The molecule has 10 nitrogen and oxygen atoms in total. The molecule has 11 heteroatoms. The monoisotopic (exact) mass is 509 g/mol. The lowest BCUT2D eigenvalue weighted by Gasteiger charge is -2.48. The zero-order chi connectivity index (χ0) is 26.8. The normalized spacial score (nSPS) is 28.3. The van der Waals surface area contributed by atoms with Gasteiger partial charge in [0.25, 0.3) is 5.91 Å². The van der Waals surface area contributed by atoms with Gasteiger partial charge in [-0.25, -0.2) is 4.98 Å². The van der Waals surface area contributed by atoms with E-state index in [1.807, 2.05) is 65.1 Å². The zero-order valence-electron chi connectivity index (χ0n) is 22.1. The van der Waals surface area contributed by atoms with Crippen LogP contribution in [0.2, 0.25) is 0 Å². The molecule has 37 heavy (non-hydrogen) atoms. The Balaban J connectivity index is 1.64. The predicted molar refractivity (Wildman–Crippen MR) is 138 cm³/mol.